The summed E-state index contributed by atoms with van der Waals surface area (Å²) >= 11 is 0. The highest BCUT2D eigenvalue weighted by atomic mass is 16.2. The number of aromatic nitrogens is 2. The number of carbonyl (C=O) groups is 3. The van der Waals surface area contributed by atoms with Crippen LogP contribution in [0, 0.1) is 13.8 Å². The van der Waals surface area contributed by atoms with Crippen molar-refractivity contribution in [2.45, 2.75) is 51.7 Å². The molecule has 8 heteroatoms. The van der Waals surface area contributed by atoms with Crippen molar-refractivity contribution in [3.63, 3.8) is 0 Å². The third-order valence-corrected chi connectivity index (χ3v) is 5.99. The predicted octanol–water partition coefficient (Wildman–Crippen LogP) is 1.69. The zero-order valence-corrected chi connectivity index (χ0v) is 17.7. The first-order chi connectivity index (χ1) is 14.3. The lowest BCUT2D eigenvalue weighted by atomic mass is 10.0. The van der Waals surface area contributed by atoms with Crippen LogP contribution >= 0.6 is 0 Å². The molecule has 1 aromatic heterocycles. The molecule has 1 saturated carbocycles. The SMILES string of the molecule is Cc1nn(C)c(C)c1C(C)NC(=O)CNC(=O)C1c2ccccc2C(=O)N1C1CC1. The minimum Gasteiger partial charge on any atom is -0.348 e. The highest BCUT2D eigenvalue weighted by molar-refractivity contribution is 6.05. The Kier molecular flexibility index (Phi) is 5.09. The van der Waals surface area contributed by atoms with Crippen LogP contribution in [0.2, 0.25) is 0 Å². The molecule has 0 radical (unpaired) electrons. The van der Waals surface area contributed by atoms with E-state index in [1.54, 1.807) is 21.7 Å². The summed E-state index contributed by atoms with van der Waals surface area (Å²) in [5.41, 5.74) is 4.12. The van der Waals surface area contributed by atoms with Crippen molar-refractivity contribution >= 4 is 17.7 Å². The number of fused-ring (bicyclic) bond motifs is 1. The molecule has 30 heavy (non-hydrogen) atoms. The van der Waals surface area contributed by atoms with E-state index < -0.39 is 6.04 Å². The van der Waals surface area contributed by atoms with Gasteiger partial charge in [0.05, 0.1) is 18.3 Å². The molecule has 2 aliphatic rings. The number of benzene rings is 1. The summed E-state index contributed by atoms with van der Waals surface area (Å²) in [6.45, 7) is 5.62. The number of hydrogen-bond donors (Lipinski definition) is 2. The van der Waals surface area contributed by atoms with Gasteiger partial charge in [-0.25, -0.2) is 0 Å². The number of carbonyl (C=O) groups excluding carboxylic acids is 3. The lowest BCUT2D eigenvalue weighted by Crippen LogP contribution is -2.44. The lowest BCUT2D eigenvalue weighted by molar-refractivity contribution is -0.129. The van der Waals surface area contributed by atoms with E-state index in [0.717, 1.165) is 29.8 Å². The lowest BCUT2D eigenvalue weighted by Gasteiger charge is -2.24. The number of nitrogens with one attached hydrogen (secondary N) is 2. The van der Waals surface area contributed by atoms with Crippen molar-refractivity contribution in [3.8, 4) is 0 Å². The third-order valence-electron chi connectivity index (χ3n) is 5.99. The maximum Gasteiger partial charge on any atom is 0.255 e. The highest BCUT2D eigenvalue weighted by Crippen LogP contribution is 2.41. The average molecular weight is 409 g/mol. The Bertz CT molecular complexity index is 1020. The molecule has 1 aliphatic carbocycles. The van der Waals surface area contributed by atoms with E-state index in [2.05, 4.69) is 15.7 Å². The molecule has 2 atom stereocenters. The summed E-state index contributed by atoms with van der Waals surface area (Å²) < 4.78 is 1.79. The zero-order chi connectivity index (χ0) is 21.6. The number of amides is 3. The Morgan fingerprint density at radius 2 is 1.93 bits per heavy atom. The third kappa shape index (κ3) is 3.46. The second-order valence-electron chi connectivity index (χ2n) is 8.15. The molecule has 2 heterocycles. The van der Waals surface area contributed by atoms with E-state index in [1.165, 1.54) is 0 Å². The van der Waals surface area contributed by atoms with E-state index in [-0.39, 0.29) is 36.3 Å². The van der Waals surface area contributed by atoms with Gasteiger partial charge in [-0.2, -0.15) is 5.10 Å². The largest absolute Gasteiger partial charge is 0.348 e. The van der Waals surface area contributed by atoms with Crippen LogP contribution in [-0.4, -0.2) is 45.0 Å². The van der Waals surface area contributed by atoms with Gasteiger partial charge in [0, 0.05) is 29.9 Å². The Labute approximate surface area is 175 Å². The van der Waals surface area contributed by atoms with Gasteiger partial charge < -0.3 is 15.5 Å². The Morgan fingerprint density at radius 3 is 2.57 bits per heavy atom. The van der Waals surface area contributed by atoms with Crippen LogP contribution in [0.15, 0.2) is 24.3 Å². The summed E-state index contributed by atoms with van der Waals surface area (Å²) in [6.07, 6.45) is 1.82. The Morgan fingerprint density at radius 1 is 1.23 bits per heavy atom. The number of rotatable bonds is 6. The van der Waals surface area contributed by atoms with Crippen LogP contribution in [0.1, 0.15) is 64.7 Å². The average Bonchev–Trinajstić information content (AvgIpc) is 3.45. The van der Waals surface area contributed by atoms with Crippen LogP contribution < -0.4 is 10.6 Å². The molecule has 0 saturated heterocycles. The molecule has 0 spiro atoms. The van der Waals surface area contributed by atoms with Gasteiger partial charge in [0.1, 0.15) is 6.04 Å². The van der Waals surface area contributed by atoms with Gasteiger partial charge in [-0.1, -0.05) is 18.2 Å². The first-order valence-electron chi connectivity index (χ1n) is 10.3. The maximum atomic E-state index is 13.0. The topological polar surface area (TPSA) is 96.3 Å². The van der Waals surface area contributed by atoms with E-state index in [4.69, 9.17) is 0 Å². The van der Waals surface area contributed by atoms with E-state index in [1.807, 2.05) is 40.0 Å². The summed E-state index contributed by atoms with van der Waals surface area (Å²) in [5, 5.41) is 10.0. The van der Waals surface area contributed by atoms with Crippen LogP contribution in [0.3, 0.4) is 0 Å². The van der Waals surface area contributed by atoms with Crippen LogP contribution in [0.4, 0.5) is 0 Å². The van der Waals surface area contributed by atoms with Crippen LogP contribution in [0.25, 0.3) is 0 Å². The van der Waals surface area contributed by atoms with Gasteiger partial charge in [-0.3, -0.25) is 19.1 Å². The molecule has 1 aromatic carbocycles. The first kappa shape index (κ1) is 20.1. The molecule has 4 rings (SSSR count). The predicted molar refractivity (Wildman–Crippen MR) is 111 cm³/mol. The normalized spacial score (nSPS) is 18.9. The fourth-order valence-electron chi connectivity index (χ4n) is 4.38. The second kappa shape index (κ2) is 7.59. The Balaban J connectivity index is 1.41. The van der Waals surface area contributed by atoms with Gasteiger partial charge in [-0.05, 0) is 45.2 Å². The number of nitrogens with zero attached hydrogens (tertiary/aromatic N) is 3. The van der Waals surface area contributed by atoms with Gasteiger partial charge in [-0.15, -0.1) is 0 Å². The summed E-state index contributed by atoms with van der Waals surface area (Å²) in [7, 11) is 1.87. The van der Waals surface area contributed by atoms with Crippen LogP contribution in [-0.2, 0) is 16.6 Å². The molecule has 1 fully saturated rings. The molecule has 2 unspecified atom stereocenters. The van der Waals surface area contributed by atoms with Crippen molar-refractivity contribution in [2.75, 3.05) is 6.54 Å². The standard InChI is InChI=1S/C22H27N5O3/c1-12(19-13(2)25-26(4)14(19)3)24-18(28)11-23-21(29)20-16-7-5-6-8-17(16)22(30)27(20)15-9-10-15/h5-8,12,15,20H,9-11H2,1-4H3,(H,23,29)(H,24,28). The van der Waals surface area contributed by atoms with E-state index in [0.29, 0.717) is 11.1 Å². The molecule has 8 nitrogen and oxygen atoms in total. The van der Waals surface area contributed by atoms with Crippen molar-refractivity contribution in [1.82, 2.24) is 25.3 Å². The minimum atomic E-state index is -0.672. The maximum absolute atomic E-state index is 13.0. The summed E-state index contributed by atoms with van der Waals surface area (Å²) in [4.78, 5) is 39.9. The molecule has 3 amide bonds. The fourth-order valence-corrected chi connectivity index (χ4v) is 4.38. The van der Waals surface area contributed by atoms with Crippen LogP contribution in [0.5, 0.6) is 0 Å². The summed E-state index contributed by atoms with van der Waals surface area (Å²) in [5.74, 6) is -0.709. The van der Waals surface area contributed by atoms with Crippen molar-refractivity contribution < 1.29 is 14.4 Å². The Hall–Kier alpha value is -3.16. The van der Waals surface area contributed by atoms with Gasteiger partial charge >= 0.3 is 0 Å². The van der Waals surface area contributed by atoms with Gasteiger partial charge in [0.2, 0.25) is 11.8 Å². The quantitative estimate of drug-likeness (QED) is 0.759. The molecule has 0 bridgehead atoms. The zero-order valence-electron chi connectivity index (χ0n) is 17.7. The van der Waals surface area contributed by atoms with Crippen molar-refractivity contribution in [1.29, 1.82) is 0 Å². The summed E-state index contributed by atoms with van der Waals surface area (Å²) in [6, 6.07) is 6.42. The first-order valence-corrected chi connectivity index (χ1v) is 10.3. The van der Waals surface area contributed by atoms with E-state index >= 15 is 0 Å². The molecule has 2 aromatic rings. The minimum absolute atomic E-state index is 0.103. The fraction of sp³-hybridized carbons (Fsp3) is 0.455. The molecule has 158 valence electrons. The highest BCUT2D eigenvalue weighted by Gasteiger charge is 2.47. The van der Waals surface area contributed by atoms with Gasteiger partial charge in [0.15, 0.2) is 0 Å². The van der Waals surface area contributed by atoms with Crippen molar-refractivity contribution in [2.24, 2.45) is 7.05 Å². The smallest absolute Gasteiger partial charge is 0.255 e. The molecular weight excluding hydrogens is 382 g/mol. The molecule has 1 aliphatic heterocycles. The molecular formula is C22H27N5O3. The number of aryl methyl sites for hydroxylation is 2. The second-order valence-corrected chi connectivity index (χ2v) is 8.15. The number of hydrogen-bond acceptors (Lipinski definition) is 4. The molecule has 2 N–H and O–H groups in total. The van der Waals surface area contributed by atoms with Gasteiger partial charge in [0.25, 0.3) is 5.91 Å². The van der Waals surface area contributed by atoms with E-state index in [9.17, 15) is 14.4 Å². The van der Waals surface area contributed by atoms with Crippen molar-refractivity contribution in [3.05, 3.63) is 52.3 Å². The monoisotopic (exact) mass is 409 g/mol.